The zero-order chi connectivity index (χ0) is 25.4. The average Bonchev–Trinajstić information content (AvgIpc) is 3.20. The first-order chi connectivity index (χ1) is 17.3. The highest BCUT2D eigenvalue weighted by atomic mass is 19.1. The first-order valence-electron chi connectivity index (χ1n) is 11.3. The molecule has 0 saturated carbocycles. The van der Waals surface area contributed by atoms with Crippen molar-refractivity contribution in [2.24, 2.45) is 0 Å². The maximum atomic E-state index is 14.9. The molecule has 4 amide bonds. The fourth-order valence-corrected chi connectivity index (χ4v) is 4.33. The Morgan fingerprint density at radius 2 is 1.89 bits per heavy atom. The van der Waals surface area contributed by atoms with E-state index in [-0.39, 0.29) is 36.3 Å². The van der Waals surface area contributed by atoms with Crippen LogP contribution in [0.4, 0.5) is 15.0 Å². The van der Waals surface area contributed by atoms with Gasteiger partial charge >= 0.3 is 6.09 Å². The average molecular weight is 488 g/mol. The molecule has 2 aromatic carbocycles. The van der Waals surface area contributed by atoms with Crippen molar-refractivity contribution in [3.63, 3.8) is 0 Å². The Kier molecular flexibility index (Phi) is 5.93. The summed E-state index contributed by atoms with van der Waals surface area (Å²) in [5.41, 5.74) is 1.91. The van der Waals surface area contributed by atoms with E-state index in [1.54, 1.807) is 12.3 Å². The van der Waals surface area contributed by atoms with Crippen molar-refractivity contribution in [1.82, 2.24) is 15.2 Å². The lowest BCUT2D eigenvalue weighted by atomic mass is 10.0. The number of benzene rings is 2. The number of imide groups is 1. The molecule has 2 aliphatic heterocycles. The normalized spacial score (nSPS) is 17.0. The molecule has 1 fully saturated rings. The summed E-state index contributed by atoms with van der Waals surface area (Å²) in [6.07, 6.45) is 1.000. The Labute approximate surface area is 205 Å². The van der Waals surface area contributed by atoms with Crippen molar-refractivity contribution in [2.75, 3.05) is 11.9 Å². The van der Waals surface area contributed by atoms with Crippen LogP contribution >= 0.6 is 0 Å². The van der Waals surface area contributed by atoms with Gasteiger partial charge in [0.05, 0.1) is 12.1 Å². The van der Waals surface area contributed by atoms with Crippen LogP contribution in [0, 0.1) is 5.82 Å². The predicted octanol–water partition coefficient (Wildman–Crippen LogP) is 3.28. The van der Waals surface area contributed by atoms with Gasteiger partial charge in [-0.05, 0) is 35.7 Å². The highest BCUT2D eigenvalue weighted by molar-refractivity contribution is 6.05. The van der Waals surface area contributed by atoms with E-state index in [9.17, 15) is 23.6 Å². The van der Waals surface area contributed by atoms with E-state index in [0.29, 0.717) is 5.82 Å². The smallest absolute Gasteiger partial charge is 0.410 e. The van der Waals surface area contributed by atoms with Gasteiger partial charge in [-0.2, -0.15) is 0 Å². The van der Waals surface area contributed by atoms with E-state index in [1.165, 1.54) is 22.9 Å². The summed E-state index contributed by atoms with van der Waals surface area (Å²) in [6, 6.07) is 14.5. The van der Waals surface area contributed by atoms with Crippen LogP contribution in [0.15, 0.2) is 60.8 Å². The maximum absolute atomic E-state index is 14.9. The number of aromatic nitrogens is 1. The van der Waals surface area contributed by atoms with Crippen LogP contribution in [0.2, 0.25) is 0 Å². The number of rotatable bonds is 4. The lowest BCUT2D eigenvalue weighted by Crippen LogP contribution is -2.52. The molecule has 3 heterocycles. The molecule has 0 aliphatic carbocycles. The van der Waals surface area contributed by atoms with Crippen LogP contribution in [0.25, 0.3) is 11.1 Å². The number of fused-ring (bicyclic) bond motifs is 1. The molecule has 1 saturated heterocycles. The van der Waals surface area contributed by atoms with Crippen molar-refractivity contribution in [3.8, 4) is 16.9 Å². The Hall–Kier alpha value is -4.60. The number of carbonyl (C=O) groups is 4. The van der Waals surface area contributed by atoms with E-state index >= 15 is 0 Å². The Bertz CT molecular complexity index is 1390. The number of nitrogens with zero attached hydrogens (tertiary/aromatic N) is 3. The highest BCUT2D eigenvalue weighted by Crippen LogP contribution is 2.33. The molecule has 0 bridgehead atoms. The number of pyridine rings is 1. The maximum Gasteiger partial charge on any atom is 0.420 e. The fraction of sp³-hybridized carbons (Fsp3) is 0.192. The number of nitrogens with one attached hydrogen (secondary N) is 1. The summed E-state index contributed by atoms with van der Waals surface area (Å²) in [7, 11) is 1.47. The van der Waals surface area contributed by atoms with Gasteiger partial charge in [-0.3, -0.25) is 24.6 Å². The van der Waals surface area contributed by atoms with E-state index in [1.807, 2.05) is 36.4 Å². The molecule has 1 N–H and O–H groups in total. The molecule has 3 aromatic rings. The fourth-order valence-electron chi connectivity index (χ4n) is 4.33. The van der Waals surface area contributed by atoms with Crippen molar-refractivity contribution >= 4 is 29.6 Å². The molecule has 9 nitrogen and oxygen atoms in total. The van der Waals surface area contributed by atoms with E-state index in [0.717, 1.165) is 17.2 Å². The minimum Gasteiger partial charge on any atom is -0.410 e. The second kappa shape index (κ2) is 9.21. The topological polar surface area (TPSA) is 109 Å². The van der Waals surface area contributed by atoms with Gasteiger partial charge in [-0.15, -0.1) is 0 Å². The summed E-state index contributed by atoms with van der Waals surface area (Å²) in [4.78, 5) is 56.0. The second-order valence-corrected chi connectivity index (χ2v) is 8.53. The summed E-state index contributed by atoms with van der Waals surface area (Å²) in [6.45, 7) is -0.114. The molecule has 1 atom stereocenters. The molecular weight excluding hydrogens is 467 g/mol. The molecular formula is C26H21FN4O5. The molecule has 36 heavy (non-hydrogen) atoms. The number of hydrogen-bond acceptors (Lipinski definition) is 6. The van der Waals surface area contributed by atoms with Crippen LogP contribution in [-0.4, -0.2) is 46.8 Å². The Morgan fingerprint density at radius 1 is 1.11 bits per heavy atom. The zero-order valence-electron chi connectivity index (χ0n) is 19.2. The molecule has 1 unspecified atom stereocenters. The van der Waals surface area contributed by atoms with Crippen molar-refractivity contribution in [1.29, 1.82) is 0 Å². The van der Waals surface area contributed by atoms with Gasteiger partial charge < -0.3 is 9.64 Å². The third-order valence-electron chi connectivity index (χ3n) is 6.25. The quantitative estimate of drug-likeness (QED) is 0.565. The van der Waals surface area contributed by atoms with Crippen molar-refractivity contribution in [2.45, 2.75) is 25.4 Å². The van der Waals surface area contributed by atoms with Gasteiger partial charge in [0.25, 0.3) is 5.91 Å². The minimum absolute atomic E-state index is 0.00866. The minimum atomic E-state index is -0.873. The van der Waals surface area contributed by atoms with E-state index < -0.39 is 35.7 Å². The van der Waals surface area contributed by atoms with Crippen LogP contribution in [-0.2, 0) is 16.1 Å². The monoisotopic (exact) mass is 488 g/mol. The van der Waals surface area contributed by atoms with Crippen molar-refractivity contribution in [3.05, 3.63) is 77.7 Å². The summed E-state index contributed by atoms with van der Waals surface area (Å²) in [5, 5.41) is 2.20. The SMILES string of the molecule is CN(C(=O)Oc1cc(F)c2c(c1)C(=O)N(C1CCC(=O)NC1=O)C2)c1cc(-c2ccccc2)ccn1. The lowest BCUT2D eigenvalue weighted by Gasteiger charge is -2.29. The molecule has 1 aromatic heterocycles. The van der Waals surface area contributed by atoms with Crippen molar-refractivity contribution < 1.29 is 28.3 Å². The first-order valence-corrected chi connectivity index (χ1v) is 11.3. The third kappa shape index (κ3) is 4.28. The molecule has 0 spiro atoms. The van der Waals surface area contributed by atoms with Crippen LogP contribution in [0.3, 0.4) is 0 Å². The molecule has 0 radical (unpaired) electrons. The van der Waals surface area contributed by atoms with Gasteiger partial charge in [0.2, 0.25) is 11.8 Å². The summed E-state index contributed by atoms with van der Waals surface area (Å²) < 4.78 is 20.2. The van der Waals surface area contributed by atoms with Crippen LogP contribution in [0.1, 0.15) is 28.8 Å². The van der Waals surface area contributed by atoms with Crippen LogP contribution < -0.4 is 15.0 Å². The predicted molar refractivity (Wildman–Crippen MR) is 127 cm³/mol. The number of anilines is 1. The summed E-state index contributed by atoms with van der Waals surface area (Å²) >= 11 is 0. The Morgan fingerprint density at radius 3 is 2.64 bits per heavy atom. The molecule has 2 aliphatic rings. The summed E-state index contributed by atoms with van der Waals surface area (Å²) in [5.74, 6) is -2.13. The molecule has 182 valence electrons. The number of ether oxygens (including phenoxy) is 1. The first kappa shape index (κ1) is 23.2. The third-order valence-corrected chi connectivity index (χ3v) is 6.25. The molecule has 5 rings (SSSR count). The van der Waals surface area contributed by atoms with E-state index in [4.69, 9.17) is 4.74 Å². The number of carbonyl (C=O) groups excluding carboxylic acids is 4. The number of piperidine rings is 1. The standard InChI is InChI=1S/C26H21FN4O5/c1-30(22-11-16(9-10-28-22)15-5-3-2-4-6-15)26(35)36-17-12-18-19(20(27)13-17)14-31(25(18)34)21-7-8-23(32)29-24(21)33/h2-6,9-13,21H,7-8,14H2,1H3,(H,29,32,33). The lowest BCUT2D eigenvalue weighted by molar-refractivity contribution is -0.136. The largest absolute Gasteiger partial charge is 0.420 e. The Balaban J connectivity index is 1.33. The number of hydrogen-bond donors (Lipinski definition) is 1. The highest BCUT2D eigenvalue weighted by Gasteiger charge is 2.40. The number of amides is 4. The zero-order valence-corrected chi connectivity index (χ0v) is 19.2. The van der Waals surface area contributed by atoms with Gasteiger partial charge in [0.15, 0.2) is 0 Å². The number of halogens is 1. The van der Waals surface area contributed by atoms with E-state index in [2.05, 4.69) is 10.3 Å². The van der Waals surface area contributed by atoms with Gasteiger partial charge in [-0.1, -0.05) is 30.3 Å². The molecule has 10 heteroatoms. The van der Waals surface area contributed by atoms with Gasteiger partial charge in [0.1, 0.15) is 23.4 Å². The van der Waals surface area contributed by atoms with Gasteiger partial charge in [-0.25, -0.2) is 14.2 Å². The van der Waals surface area contributed by atoms with Crippen LogP contribution in [0.5, 0.6) is 5.75 Å². The van der Waals surface area contributed by atoms with Gasteiger partial charge in [0, 0.05) is 31.3 Å². The second-order valence-electron chi connectivity index (χ2n) is 8.53.